The van der Waals surface area contributed by atoms with Crippen molar-refractivity contribution >= 4 is 45.7 Å². The number of rotatable bonds is 4. The summed E-state index contributed by atoms with van der Waals surface area (Å²) in [5.41, 5.74) is 3.65. The second kappa shape index (κ2) is 6.55. The van der Waals surface area contributed by atoms with Gasteiger partial charge in [0.2, 0.25) is 0 Å². The van der Waals surface area contributed by atoms with Crippen LogP contribution in [0.1, 0.15) is 22.9 Å². The van der Waals surface area contributed by atoms with Crippen LogP contribution in [0.5, 0.6) is 0 Å². The molecule has 0 saturated carbocycles. The van der Waals surface area contributed by atoms with Crippen LogP contribution in [0.25, 0.3) is 21.7 Å². The molecule has 23 heavy (non-hydrogen) atoms. The fraction of sp³-hybridized carbons (Fsp3) is 0.0526. The molecule has 0 saturated heterocycles. The Morgan fingerprint density at radius 3 is 2.61 bits per heavy atom. The van der Waals surface area contributed by atoms with Gasteiger partial charge >= 0.3 is 7.12 Å². The summed E-state index contributed by atoms with van der Waals surface area (Å²) < 4.78 is 1.22. The van der Waals surface area contributed by atoms with Crippen LogP contribution in [-0.4, -0.2) is 17.2 Å². The minimum atomic E-state index is -1.46. The first-order valence-electron chi connectivity index (χ1n) is 7.42. The van der Waals surface area contributed by atoms with Crippen molar-refractivity contribution in [1.82, 2.24) is 0 Å². The zero-order valence-electron chi connectivity index (χ0n) is 12.9. The maximum atomic E-state index is 9.41. The SMILES string of the molecule is C=Cc1c(/C(=C\C)c2cccc(B(O)O)c2)sc2ccccc12. The zero-order chi connectivity index (χ0) is 16.4. The fourth-order valence-corrected chi connectivity index (χ4v) is 4.07. The number of fused-ring (bicyclic) bond motifs is 1. The van der Waals surface area contributed by atoms with Gasteiger partial charge in [-0.15, -0.1) is 11.3 Å². The Bertz CT molecular complexity index is 893. The molecule has 0 fully saturated rings. The highest BCUT2D eigenvalue weighted by Crippen LogP contribution is 2.38. The third-order valence-electron chi connectivity index (χ3n) is 3.87. The summed E-state index contributed by atoms with van der Waals surface area (Å²) in [6, 6.07) is 15.6. The van der Waals surface area contributed by atoms with E-state index < -0.39 is 7.12 Å². The monoisotopic (exact) mass is 320 g/mol. The van der Waals surface area contributed by atoms with Crippen molar-refractivity contribution in [3.63, 3.8) is 0 Å². The molecular weight excluding hydrogens is 303 g/mol. The molecule has 2 aromatic carbocycles. The predicted octanol–water partition coefficient (Wildman–Crippen LogP) is 3.68. The Labute approximate surface area is 140 Å². The molecule has 3 aromatic rings. The number of thiophene rings is 1. The molecule has 0 aliphatic rings. The normalized spacial score (nSPS) is 11.7. The highest BCUT2D eigenvalue weighted by molar-refractivity contribution is 7.20. The Hall–Kier alpha value is -2.14. The van der Waals surface area contributed by atoms with E-state index in [1.165, 1.54) is 10.1 Å². The molecule has 1 aromatic heterocycles. The number of benzene rings is 2. The van der Waals surface area contributed by atoms with Crippen molar-refractivity contribution < 1.29 is 10.0 Å². The topological polar surface area (TPSA) is 40.5 Å². The first-order chi connectivity index (χ1) is 11.2. The molecule has 0 aliphatic heterocycles. The van der Waals surface area contributed by atoms with E-state index in [4.69, 9.17) is 0 Å². The molecule has 1 heterocycles. The Morgan fingerprint density at radius 2 is 1.91 bits per heavy atom. The van der Waals surface area contributed by atoms with Crippen molar-refractivity contribution in [2.75, 3.05) is 0 Å². The van der Waals surface area contributed by atoms with Gasteiger partial charge in [0.05, 0.1) is 0 Å². The van der Waals surface area contributed by atoms with Crippen molar-refractivity contribution in [3.05, 3.63) is 77.2 Å². The summed E-state index contributed by atoms with van der Waals surface area (Å²) in [6.45, 7) is 5.96. The fourth-order valence-electron chi connectivity index (χ4n) is 2.76. The first-order valence-corrected chi connectivity index (χ1v) is 8.24. The summed E-state index contributed by atoms with van der Waals surface area (Å²) in [5.74, 6) is 0. The van der Waals surface area contributed by atoms with Crippen molar-refractivity contribution in [3.8, 4) is 0 Å². The molecule has 0 radical (unpaired) electrons. The molecule has 4 heteroatoms. The van der Waals surface area contributed by atoms with Crippen LogP contribution in [0, 0.1) is 0 Å². The van der Waals surface area contributed by atoms with E-state index in [9.17, 15) is 10.0 Å². The molecule has 2 N–H and O–H groups in total. The summed E-state index contributed by atoms with van der Waals surface area (Å²) in [7, 11) is -1.46. The summed E-state index contributed by atoms with van der Waals surface area (Å²) in [4.78, 5) is 1.15. The van der Waals surface area contributed by atoms with E-state index in [0.717, 1.165) is 21.6 Å². The second-order valence-corrected chi connectivity index (χ2v) is 6.30. The Kier molecular flexibility index (Phi) is 4.48. The molecule has 114 valence electrons. The minimum absolute atomic E-state index is 0.489. The zero-order valence-corrected chi connectivity index (χ0v) is 13.7. The van der Waals surface area contributed by atoms with E-state index in [1.54, 1.807) is 17.4 Å². The molecule has 0 aliphatic carbocycles. The number of hydrogen-bond donors (Lipinski definition) is 2. The van der Waals surface area contributed by atoms with Gasteiger partial charge in [-0.2, -0.15) is 0 Å². The van der Waals surface area contributed by atoms with Gasteiger partial charge in [0.25, 0.3) is 0 Å². The quantitative estimate of drug-likeness (QED) is 0.720. The average Bonchev–Trinajstić information content (AvgIpc) is 2.94. The Morgan fingerprint density at radius 1 is 1.13 bits per heavy atom. The largest absolute Gasteiger partial charge is 0.488 e. The third kappa shape index (κ3) is 2.89. The van der Waals surface area contributed by atoms with Gasteiger partial charge in [0, 0.05) is 20.5 Å². The summed E-state index contributed by atoms with van der Waals surface area (Å²) >= 11 is 1.73. The molecule has 3 rings (SSSR count). The smallest absolute Gasteiger partial charge is 0.423 e. The first kappa shape index (κ1) is 15.7. The lowest BCUT2D eigenvalue weighted by Gasteiger charge is -2.09. The highest BCUT2D eigenvalue weighted by Gasteiger charge is 2.16. The van der Waals surface area contributed by atoms with Crippen LogP contribution in [0.3, 0.4) is 0 Å². The van der Waals surface area contributed by atoms with Crippen LogP contribution in [0.15, 0.2) is 61.2 Å². The van der Waals surface area contributed by atoms with Crippen LogP contribution < -0.4 is 5.46 Å². The lowest BCUT2D eigenvalue weighted by Crippen LogP contribution is -2.29. The maximum Gasteiger partial charge on any atom is 0.488 e. The molecule has 0 bridgehead atoms. The average molecular weight is 320 g/mol. The van der Waals surface area contributed by atoms with Gasteiger partial charge in [0.1, 0.15) is 0 Å². The van der Waals surface area contributed by atoms with Crippen LogP contribution >= 0.6 is 11.3 Å². The minimum Gasteiger partial charge on any atom is -0.423 e. The van der Waals surface area contributed by atoms with Crippen molar-refractivity contribution in [2.24, 2.45) is 0 Å². The van der Waals surface area contributed by atoms with Crippen molar-refractivity contribution in [1.29, 1.82) is 0 Å². The third-order valence-corrected chi connectivity index (χ3v) is 5.09. The van der Waals surface area contributed by atoms with Gasteiger partial charge in [-0.05, 0) is 29.6 Å². The molecule has 0 spiro atoms. The summed E-state index contributed by atoms with van der Waals surface area (Å²) in [5, 5.41) is 20.0. The number of allylic oxidation sites excluding steroid dienone is 1. The van der Waals surface area contributed by atoms with E-state index in [2.05, 4.69) is 24.8 Å². The van der Waals surface area contributed by atoms with Gasteiger partial charge in [-0.3, -0.25) is 0 Å². The van der Waals surface area contributed by atoms with Gasteiger partial charge in [-0.25, -0.2) is 0 Å². The van der Waals surface area contributed by atoms with Gasteiger partial charge in [0.15, 0.2) is 0 Å². The molecule has 0 unspecified atom stereocenters. The maximum absolute atomic E-state index is 9.41. The standard InChI is InChI=1S/C19H17BO2S/c1-3-15(13-8-7-9-14(12-13)20(21)22)19-16(4-2)17-10-5-6-11-18(17)23-19/h3-12,21-22H,2H2,1H3/b15-3-. The van der Waals surface area contributed by atoms with E-state index in [1.807, 2.05) is 43.3 Å². The molecular formula is C19H17BO2S. The highest BCUT2D eigenvalue weighted by atomic mass is 32.1. The second-order valence-electron chi connectivity index (χ2n) is 5.25. The lowest BCUT2D eigenvalue weighted by atomic mass is 9.79. The molecule has 0 atom stereocenters. The van der Waals surface area contributed by atoms with E-state index >= 15 is 0 Å². The van der Waals surface area contributed by atoms with Gasteiger partial charge < -0.3 is 10.0 Å². The predicted molar refractivity (Wildman–Crippen MR) is 101 cm³/mol. The molecule has 0 amide bonds. The van der Waals surface area contributed by atoms with Crippen LogP contribution in [-0.2, 0) is 0 Å². The van der Waals surface area contributed by atoms with Gasteiger partial charge in [-0.1, -0.05) is 61.2 Å². The van der Waals surface area contributed by atoms with Crippen molar-refractivity contribution in [2.45, 2.75) is 6.92 Å². The number of hydrogen-bond acceptors (Lipinski definition) is 3. The van der Waals surface area contributed by atoms with E-state index in [0.29, 0.717) is 5.46 Å². The van der Waals surface area contributed by atoms with Crippen LogP contribution in [0.2, 0.25) is 0 Å². The lowest BCUT2D eigenvalue weighted by molar-refractivity contribution is 0.426. The van der Waals surface area contributed by atoms with Crippen LogP contribution in [0.4, 0.5) is 0 Å². The Balaban J connectivity index is 2.19. The molecule has 2 nitrogen and oxygen atoms in total. The van der Waals surface area contributed by atoms with E-state index in [-0.39, 0.29) is 0 Å². The summed E-state index contributed by atoms with van der Waals surface area (Å²) in [6.07, 6.45) is 3.95.